The molecule has 12 heavy (non-hydrogen) atoms. The van der Waals surface area contributed by atoms with Gasteiger partial charge >= 0.3 is 0 Å². The summed E-state index contributed by atoms with van der Waals surface area (Å²) in [6.45, 7) is 0. The molecular formula is C8H8ClFN2. The first kappa shape index (κ1) is 8.87. The van der Waals surface area contributed by atoms with Crippen LogP contribution >= 0.6 is 12.4 Å². The summed E-state index contributed by atoms with van der Waals surface area (Å²) in [5.74, 6) is -0.251. The van der Waals surface area contributed by atoms with E-state index in [9.17, 15) is 4.39 Å². The first-order valence-electron chi connectivity index (χ1n) is 3.29. The van der Waals surface area contributed by atoms with Gasteiger partial charge in [0, 0.05) is 11.6 Å². The van der Waals surface area contributed by atoms with Gasteiger partial charge in [0.15, 0.2) is 0 Å². The van der Waals surface area contributed by atoms with E-state index in [-0.39, 0.29) is 18.2 Å². The van der Waals surface area contributed by atoms with Crippen LogP contribution in [0.25, 0.3) is 10.9 Å². The van der Waals surface area contributed by atoms with Crippen LogP contribution in [-0.2, 0) is 0 Å². The largest absolute Gasteiger partial charge is 0.397 e. The summed E-state index contributed by atoms with van der Waals surface area (Å²) in [4.78, 5) is 2.86. The molecule has 2 rings (SSSR count). The van der Waals surface area contributed by atoms with E-state index in [0.29, 0.717) is 5.69 Å². The van der Waals surface area contributed by atoms with Crippen LogP contribution in [0.1, 0.15) is 0 Å². The highest BCUT2D eigenvalue weighted by Crippen LogP contribution is 2.20. The molecule has 0 amide bonds. The van der Waals surface area contributed by atoms with Gasteiger partial charge in [-0.25, -0.2) is 4.39 Å². The van der Waals surface area contributed by atoms with Crippen LogP contribution in [0.3, 0.4) is 0 Å². The summed E-state index contributed by atoms with van der Waals surface area (Å²) in [6.07, 6.45) is 1.66. The number of nitrogen functional groups attached to an aromatic ring is 1. The Kier molecular flexibility index (Phi) is 2.24. The fourth-order valence-corrected chi connectivity index (χ4v) is 1.12. The SMILES string of the molecule is Cl.Nc1c[nH]c2cc(F)ccc12. The molecule has 0 saturated carbocycles. The monoisotopic (exact) mass is 186 g/mol. The normalized spacial score (nSPS) is 9.75. The van der Waals surface area contributed by atoms with Crippen molar-refractivity contribution in [1.82, 2.24) is 4.98 Å². The third kappa shape index (κ3) is 1.23. The van der Waals surface area contributed by atoms with Crippen LogP contribution in [0.15, 0.2) is 24.4 Å². The summed E-state index contributed by atoms with van der Waals surface area (Å²) in [5, 5.41) is 0.867. The second-order valence-electron chi connectivity index (χ2n) is 2.43. The number of hydrogen-bond acceptors (Lipinski definition) is 1. The van der Waals surface area contributed by atoms with Crippen LogP contribution in [0.4, 0.5) is 10.1 Å². The minimum absolute atomic E-state index is 0. The Morgan fingerprint density at radius 3 is 2.83 bits per heavy atom. The maximum atomic E-state index is 12.6. The Bertz CT molecular complexity index is 397. The summed E-state index contributed by atoms with van der Waals surface area (Å²) < 4.78 is 12.6. The summed E-state index contributed by atoms with van der Waals surface area (Å²) in [7, 11) is 0. The van der Waals surface area contributed by atoms with E-state index in [2.05, 4.69) is 4.98 Å². The molecule has 0 spiro atoms. The van der Waals surface area contributed by atoms with Crippen LogP contribution in [0.2, 0.25) is 0 Å². The van der Waals surface area contributed by atoms with Crippen molar-refractivity contribution in [3.05, 3.63) is 30.2 Å². The van der Waals surface area contributed by atoms with Gasteiger partial charge in [0.25, 0.3) is 0 Å². The third-order valence-electron chi connectivity index (χ3n) is 1.68. The average Bonchev–Trinajstić information content (AvgIpc) is 2.32. The zero-order chi connectivity index (χ0) is 7.84. The number of anilines is 1. The number of aromatic amines is 1. The fraction of sp³-hybridized carbons (Fsp3) is 0. The van der Waals surface area contributed by atoms with E-state index in [4.69, 9.17) is 5.73 Å². The molecule has 64 valence electrons. The number of hydrogen-bond donors (Lipinski definition) is 2. The van der Waals surface area contributed by atoms with Gasteiger partial charge < -0.3 is 10.7 Å². The number of halogens is 2. The van der Waals surface area contributed by atoms with Crippen molar-refractivity contribution in [2.24, 2.45) is 0 Å². The van der Waals surface area contributed by atoms with Crippen molar-refractivity contribution in [1.29, 1.82) is 0 Å². The maximum absolute atomic E-state index is 12.6. The van der Waals surface area contributed by atoms with E-state index >= 15 is 0 Å². The topological polar surface area (TPSA) is 41.8 Å². The van der Waals surface area contributed by atoms with E-state index in [1.165, 1.54) is 12.1 Å². The van der Waals surface area contributed by atoms with E-state index in [1.807, 2.05) is 0 Å². The quantitative estimate of drug-likeness (QED) is 0.652. The number of H-pyrrole nitrogens is 1. The van der Waals surface area contributed by atoms with E-state index < -0.39 is 0 Å². The Hall–Kier alpha value is -1.22. The molecule has 0 aliphatic heterocycles. The number of nitrogens with one attached hydrogen (secondary N) is 1. The van der Waals surface area contributed by atoms with Gasteiger partial charge in [0.05, 0.1) is 11.2 Å². The minimum Gasteiger partial charge on any atom is -0.397 e. The van der Waals surface area contributed by atoms with E-state index in [1.54, 1.807) is 12.3 Å². The van der Waals surface area contributed by atoms with Crippen molar-refractivity contribution in [2.75, 3.05) is 5.73 Å². The highest BCUT2D eigenvalue weighted by atomic mass is 35.5. The van der Waals surface area contributed by atoms with Crippen LogP contribution < -0.4 is 5.73 Å². The molecule has 1 heterocycles. The Labute approximate surface area is 75.0 Å². The lowest BCUT2D eigenvalue weighted by Gasteiger charge is -1.90. The van der Waals surface area contributed by atoms with Gasteiger partial charge in [-0.15, -0.1) is 12.4 Å². The lowest BCUT2D eigenvalue weighted by Crippen LogP contribution is -1.79. The first-order valence-corrected chi connectivity index (χ1v) is 3.29. The van der Waals surface area contributed by atoms with Gasteiger partial charge in [-0.1, -0.05) is 0 Å². The Morgan fingerprint density at radius 1 is 1.33 bits per heavy atom. The molecule has 0 fully saturated rings. The average molecular weight is 187 g/mol. The molecule has 2 aromatic rings. The van der Waals surface area contributed by atoms with Crippen LogP contribution in [0.5, 0.6) is 0 Å². The number of fused-ring (bicyclic) bond motifs is 1. The predicted octanol–water partition coefficient (Wildman–Crippen LogP) is 2.31. The Morgan fingerprint density at radius 2 is 2.08 bits per heavy atom. The van der Waals surface area contributed by atoms with Crippen LogP contribution in [0, 0.1) is 5.82 Å². The fourth-order valence-electron chi connectivity index (χ4n) is 1.12. The zero-order valence-corrected chi connectivity index (χ0v) is 6.99. The first-order chi connectivity index (χ1) is 5.27. The summed E-state index contributed by atoms with van der Waals surface area (Å²) in [6, 6.07) is 4.48. The molecule has 0 aliphatic carbocycles. The highest BCUT2D eigenvalue weighted by molar-refractivity contribution is 5.90. The van der Waals surface area contributed by atoms with E-state index in [0.717, 1.165) is 10.9 Å². The van der Waals surface area contributed by atoms with Gasteiger partial charge in [-0.2, -0.15) is 0 Å². The molecule has 0 unspecified atom stereocenters. The standard InChI is InChI=1S/C8H7FN2.ClH/c9-5-1-2-6-7(10)4-11-8(6)3-5;/h1-4,11H,10H2;1H. The molecule has 1 aromatic carbocycles. The second-order valence-corrected chi connectivity index (χ2v) is 2.43. The molecule has 3 N–H and O–H groups in total. The predicted molar refractivity (Wildman–Crippen MR) is 49.9 cm³/mol. The molecule has 0 aliphatic rings. The molecule has 2 nitrogen and oxygen atoms in total. The van der Waals surface area contributed by atoms with Crippen molar-refractivity contribution in [2.45, 2.75) is 0 Å². The minimum atomic E-state index is -0.251. The Balaban J connectivity index is 0.000000720. The van der Waals surface area contributed by atoms with Gasteiger partial charge in [-0.3, -0.25) is 0 Å². The lowest BCUT2D eigenvalue weighted by atomic mass is 10.2. The zero-order valence-electron chi connectivity index (χ0n) is 6.17. The van der Waals surface area contributed by atoms with Crippen molar-refractivity contribution < 1.29 is 4.39 Å². The van der Waals surface area contributed by atoms with Crippen LogP contribution in [-0.4, -0.2) is 4.98 Å². The lowest BCUT2D eigenvalue weighted by molar-refractivity contribution is 0.629. The number of nitrogens with two attached hydrogens (primary N) is 1. The maximum Gasteiger partial charge on any atom is 0.125 e. The summed E-state index contributed by atoms with van der Waals surface area (Å²) >= 11 is 0. The molecule has 0 radical (unpaired) electrons. The van der Waals surface area contributed by atoms with Gasteiger partial charge in [0.2, 0.25) is 0 Å². The number of rotatable bonds is 0. The van der Waals surface area contributed by atoms with Gasteiger partial charge in [0.1, 0.15) is 5.82 Å². The van der Waals surface area contributed by atoms with Crippen molar-refractivity contribution in [3.8, 4) is 0 Å². The molecule has 4 heteroatoms. The molecule has 1 aromatic heterocycles. The van der Waals surface area contributed by atoms with Crippen molar-refractivity contribution in [3.63, 3.8) is 0 Å². The summed E-state index contributed by atoms with van der Waals surface area (Å²) in [5.41, 5.74) is 6.96. The second kappa shape index (κ2) is 3.03. The molecule has 0 saturated heterocycles. The van der Waals surface area contributed by atoms with Crippen molar-refractivity contribution >= 4 is 29.0 Å². The molecular weight excluding hydrogens is 179 g/mol. The number of benzene rings is 1. The number of aromatic nitrogens is 1. The molecule has 0 bridgehead atoms. The molecule has 0 atom stereocenters. The van der Waals surface area contributed by atoms with Gasteiger partial charge in [-0.05, 0) is 18.2 Å². The highest BCUT2D eigenvalue weighted by Gasteiger charge is 1.99. The third-order valence-corrected chi connectivity index (χ3v) is 1.68. The smallest absolute Gasteiger partial charge is 0.125 e.